The van der Waals surface area contributed by atoms with Gasteiger partial charge in [0.1, 0.15) is 5.75 Å². The van der Waals surface area contributed by atoms with E-state index < -0.39 is 0 Å². The third-order valence-corrected chi connectivity index (χ3v) is 4.72. The lowest BCUT2D eigenvalue weighted by Crippen LogP contribution is -2.37. The SMILES string of the molecule is COc1ccc(Nc2nc(N/N=C/c3ccc(C)cc3)nc(N3CCOCC3)n2)cc1. The molecule has 1 aromatic heterocycles. The summed E-state index contributed by atoms with van der Waals surface area (Å²) in [5.41, 5.74) is 5.95. The molecule has 1 aliphatic heterocycles. The van der Waals surface area contributed by atoms with E-state index in [1.54, 1.807) is 13.3 Å². The maximum Gasteiger partial charge on any atom is 0.250 e. The average molecular weight is 419 g/mol. The molecule has 4 rings (SSSR count). The van der Waals surface area contributed by atoms with Gasteiger partial charge < -0.3 is 19.7 Å². The summed E-state index contributed by atoms with van der Waals surface area (Å²) < 4.78 is 10.7. The Hall–Kier alpha value is -3.72. The van der Waals surface area contributed by atoms with Crippen molar-refractivity contribution in [1.29, 1.82) is 0 Å². The minimum atomic E-state index is 0.357. The van der Waals surface area contributed by atoms with E-state index in [1.165, 1.54) is 5.56 Å². The van der Waals surface area contributed by atoms with Gasteiger partial charge in [-0.2, -0.15) is 20.1 Å². The summed E-state index contributed by atoms with van der Waals surface area (Å²) in [7, 11) is 1.64. The number of methoxy groups -OCH3 is 1. The highest BCUT2D eigenvalue weighted by Crippen LogP contribution is 2.21. The van der Waals surface area contributed by atoms with Gasteiger partial charge in [0.15, 0.2) is 0 Å². The van der Waals surface area contributed by atoms with Crippen molar-refractivity contribution >= 4 is 29.7 Å². The van der Waals surface area contributed by atoms with Gasteiger partial charge in [0.05, 0.1) is 26.5 Å². The smallest absolute Gasteiger partial charge is 0.250 e. The normalized spacial score (nSPS) is 13.9. The van der Waals surface area contributed by atoms with Gasteiger partial charge in [-0.05, 0) is 36.8 Å². The second-order valence-electron chi connectivity index (χ2n) is 7.02. The van der Waals surface area contributed by atoms with Crippen molar-refractivity contribution in [3.63, 3.8) is 0 Å². The number of nitrogens with zero attached hydrogens (tertiary/aromatic N) is 5. The zero-order valence-electron chi connectivity index (χ0n) is 17.6. The molecule has 9 heteroatoms. The molecule has 0 radical (unpaired) electrons. The lowest BCUT2D eigenvalue weighted by molar-refractivity contribution is 0.122. The number of ether oxygens (including phenoxy) is 2. The molecule has 0 aliphatic carbocycles. The second kappa shape index (κ2) is 9.86. The number of morpholine rings is 1. The van der Waals surface area contributed by atoms with Gasteiger partial charge in [-0.15, -0.1) is 0 Å². The summed E-state index contributed by atoms with van der Waals surface area (Å²) in [4.78, 5) is 15.7. The predicted octanol–water partition coefficient (Wildman–Crippen LogP) is 3.21. The number of anilines is 4. The summed E-state index contributed by atoms with van der Waals surface area (Å²) in [6.45, 7) is 4.77. The summed E-state index contributed by atoms with van der Waals surface area (Å²) in [5, 5.41) is 7.51. The fourth-order valence-electron chi connectivity index (χ4n) is 3.00. The van der Waals surface area contributed by atoms with Crippen LogP contribution in [0.25, 0.3) is 0 Å². The molecule has 0 unspecified atom stereocenters. The fraction of sp³-hybridized carbons (Fsp3) is 0.273. The molecule has 1 saturated heterocycles. The van der Waals surface area contributed by atoms with E-state index in [9.17, 15) is 0 Å². The molecule has 2 aromatic carbocycles. The van der Waals surface area contributed by atoms with E-state index in [4.69, 9.17) is 9.47 Å². The molecule has 1 fully saturated rings. The number of hydrogen-bond acceptors (Lipinski definition) is 9. The Morgan fingerprint density at radius 1 is 0.968 bits per heavy atom. The van der Waals surface area contributed by atoms with Crippen LogP contribution < -0.4 is 20.4 Å². The Kier molecular flexibility index (Phi) is 6.53. The van der Waals surface area contributed by atoms with E-state index in [-0.39, 0.29) is 0 Å². The van der Waals surface area contributed by atoms with E-state index in [2.05, 4.69) is 42.6 Å². The number of rotatable bonds is 7. The molecule has 31 heavy (non-hydrogen) atoms. The average Bonchev–Trinajstić information content (AvgIpc) is 2.81. The molecule has 3 aromatic rings. The van der Waals surface area contributed by atoms with Crippen LogP contribution in [0.15, 0.2) is 53.6 Å². The van der Waals surface area contributed by atoms with Crippen molar-refractivity contribution in [2.75, 3.05) is 49.1 Å². The predicted molar refractivity (Wildman–Crippen MR) is 122 cm³/mol. The Bertz CT molecular complexity index is 1020. The molecule has 0 spiro atoms. The number of nitrogens with one attached hydrogen (secondary N) is 2. The van der Waals surface area contributed by atoms with Crippen LogP contribution in [0.1, 0.15) is 11.1 Å². The molecule has 0 amide bonds. The molecule has 0 bridgehead atoms. The van der Waals surface area contributed by atoms with Crippen LogP contribution in [0.2, 0.25) is 0 Å². The summed E-state index contributed by atoms with van der Waals surface area (Å²) >= 11 is 0. The van der Waals surface area contributed by atoms with Crippen molar-refractivity contribution in [3.8, 4) is 5.75 Å². The first-order valence-corrected chi connectivity index (χ1v) is 10.1. The standard InChI is InChI=1S/C22H25N7O2/c1-16-3-5-17(6-4-16)15-23-28-21-25-20(24-18-7-9-19(30-2)10-8-18)26-22(27-21)29-11-13-31-14-12-29/h3-10,15H,11-14H2,1-2H3,(H2,24,25,26,27,28)/b23-15+. The second-order valence-corrected chi connectivity index (χ2v) is 7.02. The molecule has 160 valence electrons. The maximum atomic E-state index is 5.44. The molecule has 9 nitrogen and oxygen atoms in total. The lowest BCUT2D eigenvalue weighted by atomic mass is 10.2. The number of hydrazone groups is 1. The number of aryl methyl sites for hydroxylation is 1. The Morgan fingerprint density at radius 3 is 2.39 bits per heavy atom. The van der Waals surface area contributed by atoms with Crippen LogP contribution in [0.4, 0.5) is 23.5 Å². The van der Waals surface area contributed by atoms with Crippen molar-refractivity contribution in [2.24, 2.45) is 5.10 Å². The number of aromatic nitrogens is 3. The van der Waals surface area contributed by atoms with Gasteiger partial charge in [-0.25, -0.2) is 5.43 Å². The van der Waals surface area contributed by atoms with Gasteiger partial charge in [0.25, 0.3) is 0 Å². The first kappa shape index (κ1) is 20.5. The topological polar surface area (TPSA) is 96.8 Å². The quantitative estimate of drug-likeness (QED) is 0.445. The fourth-order valence-corrected chi connectivity index (χ4v) is 3.00. The van der Waals surface area contributed by atoms with E-state index in [1.807, 2.05) is 48.5 Å². The lowest BCUT2D eigenvalue weighted by Gasteiger charge is -2.27. The van der Waals surface area contributed by atoms with Crippen molar-refractivity contribution < 1.29 is 9.47 Å². The number of hydrogen-bond donors (Lipinski definition) is 2. The highest BCUT2D eigenvalue weighted by molar-refractivity contribution is 5.80. The summed E-state index contributed by atoms with van der Waals surface area (Å²) in [6.07, 6.45) is 1.73. The monoisotopic (exact) mass is 419 g/mol. The van der Waals surface area contributed by atoms with Crippen molar-refractivity contribution in [3.05, 3.63) is 59.7 Å². The molecule has 2 N–H and O–H groups in total. The molecule has 2 heterocycles. The van der Waals surface area contributed by atoms with Crippen LogP contribution in [0, 0.1) is 6.92 Å². The first-order valence-electron chi connectivity index (χ1n) is 10.1. The van der Waals surface area contributed by atoms with Gasteiger partial charge in [0.2, 0.25) is 17.8 Å². The van der Waals surface area contributed by atoms with E-state index >= 15 is 0 Å². The number of benzene rings is 2. The van der Waals surface area contributed by atoms with Crippen LogP contribution >= 0.6 is 0 Å². The third kappa shape index (κ3) is 5.67. The Morgan fingerprint density at radius 2 is 1.68 bits per heavy atom. The van der Waals surface area contributed by atoms with Crippen molar-refractivity contribution in [1.82, 2.24) is 15.0 Å². The molecular weight excluding hydrogens is 394 g/mol. The van der Waals surface area contributed by atoms with Gasteiger partial charge in [-0.3, -0.25) is 0 Å². The highest BCUT2D eigenvalue weighted by Gasteiger charge is 2.16. The molecule has 1 aliphatic rings. The summed E-state index contributed by atoms with van der Waals surface area (Å²) in [6, 6.07) is 15.6. The summed E-state index contributed by atoms with van der Waals surface area (Å²) in [5.74, 6) is 2.14. The van der Waals surface area contributed by atoms with Crippen molar-refractivity contribution in [2.45, 2.75) is 6.92 Å². The molecular formula is C22H25N7O2. The minimum Gasteiger partial charge on any atom is -0.497 e. The zero-order valence-corrected chi connectivity index (χ0v) is 17.6. The van der Waals surface area contributed by atoms with Gasteiger partial charge >= 0.3 is 0 Å². The van der Waals surface area contributed by atoms with Crippen LogP contribution in [0.5, 0.6) is 5.75 Å². The third-order valence-electron chi connectivity index (χ3n) is 4.72. The molecule has 0 atom stereocenters. The van der Waals surface area contributed by atoms with Crippen LogP contribution in [-0.2, 0) is 4.74 Å². The van der Waals surface area contributed by atoms with Crippen LogP contribution in [0.3, 0.4) is 0 Å². The zero-order chi connectivity index (χ0) is 21.5. The Balaban J connectivity index is 1.55. The van der Waals surface area contributed by atoms with Crippen LogP contribution in [-0.4, -0.2) is 54.6 Å². The Labute approximate surface area is 181 Å². The minimum absolute atomic E-state index is 0.357. The van der Waals surface area contributed by atoms with Gasteiger partial charge in [0, 0.05) is 18.8 Å². The van der Waals surface area contributed by atoms with E-state index in [0.717, 1.165) is 30.1 Å². The first-order chi connectivity index (χ1) is 15.2. The molecule has 0 saturated carbocycles. The van der Waals surface area contributed by atoms with E-state index in [0.29, 0.717) is 31.1 Å². The maximum absolute atomic E-state index is 5.44. The largest absolute Gasteiger partial charge is 0.497 e. The van der Waals surface area contributed by atoms with Gasteiger partial charge in [-0.1, -0.05) is 29.8 Å². The highest BCUT2D eigenvalue weighted by atomic mass is 16.5.